The molecule has 0 radical (unpaired) electrons. The molecule has 0 unspecified atom stereocenters. The zero-order chi connectivity index (χ0) is 38.4. The standard InChI is InChI=1S/C27H24F20O2/c1-2-3-13-4-6-14(7-5-13)15-8-10-16(11-9-15)17(48)49-12-19(30,31)21(34,35)23(38,39)25(42,43)27(46,47)26(44,45)24(40,41)22(36,37)20(32,33)18(28)29/h8-11,13-14,18H,2-7,12H2,1H3. The van der Waals surface area contributed by atoms with E-state index in [1.165, 1.54) is 12.1 Å². The van der Waals surface area contributed by atoms with Gasteiger partial charge >= 0.3 is 65.7 Å². The molecule has 0 aliphatic heterocycles. The van der Waals surface area contributed by atoms with Crippen molar-refractivity contribution in [2.45, 2.75) is 111 Å². The van der Waals surface area contributed by atoms with Gasteiger partial charge in [-0.2, -0.15) is 79.0 Å². The van der Waals surface area contributed by atoms with Crippen molar-refractivity contribution < 1.29 is 97.3 Å². The molecule has 0 heterocycles. The summed E-state index contributed by atoms with van der Waals surface area (Å²) in [7, 11) is 0. The molecular weight excluding hydrogens is 736 g/mol. The van der Waals surface area contributed by atoms with Gasteiger partial charge in [-0.25, -0.2) is 13.6 Å². The summed E-state index contributed by atoms with van der Waals surface area (Å²) in [6.07, 6.45) is -1.07. The first-order chi connectivity index (χ1) is 21.8. The fourth-order valence-corrected chi connectivity index (χ4v) is 4.98. The predicted molar refractivity (Wildman–Crippen MR) is 127 cm³/mol. The van der Waals surface area contributed by atoms with Gasteiger partial charge in [-0.15, -0.1) is 0 Å². The molecule has 1 aromatic carbocycles. The number of rotatable bonds is 15. The number of benzene rings is 1. The van der Waals surface area contributed by atoms with Crippen molar-refractivity contribution in [3.05, 3.63) is 35.4 Å². The molecule has 0 aromatic heterocycles. The number of carbonyl (C=O) groups excluding carboxylic acids is 1. The molecule has 0 bridgehead atoms. The molecule has 0 saturated heterocycles. The number of carbonyl (C=O) groups is 1. The number of ether oxygens (including phenoxy) is 1. The summed E-state index contributed by atoms with van der Waals surface area (Å²) in [5.74, 6) is -77.6. The van der Waals surface area contributed by atoms with E-state index in [-0.39, 0.29) is 5.92 Å². The van der Waals surface area contributed by atoms with E-state index in [0.29, 0.717) is 24.3 Å². The Kier molecular flexibility index (Phi) is 11.6. The van der Waals surface area contributed by atoms with Gasteiger partial charge in [-0.1, -0.05) is 31.9 Å². The van der Waals surface area contributed by atoms with Gasteiger partial charge in [0.25, 0.3) is 0 Å². The van der Waals surface area contributed by atoms with E-state index in [2.05, 4.69) is 4.74 Å². The lowest BCUT2D eigenvalue weighted by atomic mass is 9.77. The number of hydrogen-bond acceptors (Lipinski definition) is 2. The third-order valence-corrected chi connectivity index (χ3v) is 8.06. The molecule has 1 aliphatic carbocycles. The molecule has 2 nitrogen and oxygen atoms in total. The van der Waals surface area contributed by atoms with E-state index in [9.17, 15) is 92.6 Å². The Morgan fingerprint density at radius 1 is 0.633 bits per heavy atom. The zero-order valence-electron chi connectivity index (χ0n) is 24.4. The van der Waals surface area contributed by atoms with E-state index in [0.717, 1.165) is 37.8 Å². The molecule has 1 fully saturated rings. The highest BCUT2D eigenvalue weighted by Gasteiger charge is 2.96. The maximum Gasteiger partial charge on any atom is 0.385 e. The second-order valence-corrected chi connectivity index (χ2v) is 11.4. The van der Waals surface area contributed by atoms with Gasteiger partial charge in [0.2, 0.25) is 0 Å². The first-order valence-electron chi connectivity index (χ1n) is 13.8. The summed E-state index contributed by atoms with van der Waals surface area (Å²) in [4.78, 5) is 12.1. The van der Waals surface area contributed by atoms with Crippen LogP contribution in [0.2, 0.25) is 0 Å². The van der Waals surface area contributed by atoms with E-state index in [1.54, 1.807) is 0 Å². The maximum absolute atomic E-state index is 14.1. The largest absolute Gasteiger partial charge is 0.455 e. The molecule has 1 saturated carbocycles. The van der Waals surface area contributed by atoms with Gasteiger partial charge in [0, 0.05) is 0 Å². The molecular formula is C27H24F20O2. The van der Waals surface area contributed by atoms with Crippen LogP contribution in [0.5, 0.6) is 0 Å². The third kappa shape index (κ3) is 6.73. The minimum absolute atomic E-state index is 0.0254. The van der Waals surface area contributed by atoms with Gasteiger partial charge in [-0.3, -0.25) is 0 Å². The summed E-state index contributed by atoms with van der Waals surface area (Å²) in [6.45, 7) is -1.40. The summed E-state index contributed by atoms with van der Waals surface area (Å²) < 4.78 is 275. The van der Waals surface area contributed by atoms with Crippen LogP contribution in [0.1, 0.15) is 67.3 Å². The Morgan fingerprint density at radius 3 is 1.41 bits per heavy atom. The first kappa shape index (κ1) is 42.5. The van der Waals surface area contributed by atoms with Gasteiger partial charge in [0.1, 0.15) is 0 Å². The summed E-state index contributed by atoms with van der Waals surface area (Å²) in [6, 6.07) is 4.29. The molecule has 0 amide bonds. The fraction of sp³-hybridized carbons (Fsp3) is 0.741. The molecule has 49 heavy (non-hydrogen) atoms. The first-order valence-corrected chi connectivity index (χ1v) is 13.8. The number of esters is 1. The summed E-state index contributed by atoms with van der Waals surface area (Å²) in [5.41, 5.74) is -0.126. The van der Waals surface area contributed by atoms with Crippen molar-refractivity contribution in [2.24, 2.45) is 5.92 Å². The lowest BCUT2D eigenvalue weighted by molar-refractivity contribution is -0.465. The van der Waals surface area contributed by atoms with Gasteiger partial charge in [-0.05, 0) is 55.2 Å². The van der Waals surface area contributed by atoms with E-state index in [1.807, 2.05) is 6.92 Å². The van der Waals surface area contributed by atoms with E-state index < -0.39 is 77.9 Å². The molecule has 0 atom stereocenters. The van der Waals surface area contributed by atoms with Crippen molar-refractivity contribution >= 4 is 5.97 Å². The zero-order valence-corrected chi connectivity index (χ0v) is 24.4. The molecule has 284 valence electrons. The molecule has 0 N–H and O–H groups in total. The number of halogens is 20. The van der Waals surface area contributed by atoms with Crippen molar-refractivity contribution in [1.82, 2.24) is 0 Å². The Morgan fingerprint density at radius 2 is 1.02 bits per heavy atom. The summed E-state index contributed by atoms with van der Waals surface area (Å²) in [5, 5.41) is 0. The highest BCUT2D eigenvalue weighted by molar-refractivity contribution is 5.89. The van der Waals surface area contributed by atoms with Crippen LogP contribution in [0.25, 0.3) is 0 Å². The Labute approximate surface area is 263 Å². The summed E-state index contributed by atoms with van der Waals surface area (Å²) >= 11 is 0. The van der Waals surface area contributed by atoms with Crippen molar-refractivity contribution in [3.63, 3.8) is 0 Å². The minimum atomic E-state index is -9.10. The van der Waals surface area contributed by atoms with Crippen LogP contribution in [-0.4, -0.2) is 72.3 Å². The minimum Gasteiger partial charge on any atom is -0.455 e. The highest BCUT2D eigenvalue weighted by Crippen LogP contribution is 2.65. The Balaban J connectivity index is 2.31. The van der Waals surface area contributed by atoms with Crippen LogP contribution in [0.3, 0.4) is 0 Å². The molecule has 2 rings (SSSR count). The van der Waals surface area contributed by atoms with Gasteiger partial charge in [0.05, 0.1) is 5.56 Å². The lowest BCUT2D eigenvalue weighted by Gasteiger charge is -2.44. The number of hydrogen-bond donors (Lipinski definition) is 0. The average molecular weight is 760 g/mol. The topological polar surface area (TPSA) is 26.3 Å². The smallest absolute Gasteiger partial charge is 0.385 e. The van der Waals surface area contributed by atoms with Crippen molar-refractivity contribution in [3.8, 4) is 0 Å². The van der Waals surface area contributed by atoms with Crippen LogP contribution in [-0.2, 0) is 4.74 Å². The lowest BCUT2D eigenvalue weighted by Crippen LogP contribution is -2.76. The quantitative estimate of drug-likeness (QED) is 0.131. The van der Waals surface area contributed by atoms with E-state index >= 15 is 0 Å². The molecule has 22 heteroatoms. The van der Waals surface area contributed by atoms with Crippen molar-refractivity contribution in [2.75, 3.05) is 6.61 Å². The monoisotopic (exact) mass is 760 g/mol. The van der Waals surface area contributed by atoms with Crippen LogP contribution in [0.15, 0.2) is 24.3 Å². The molecule has 1 aliphatic rings. The predicted octanol–water partition coefficient (Wildman–Crippen LogP) is 10.9. The third-order valence-electron chi connectivity index (χ3n) is 8.06. The second-order valence-electron chi connectivity index (χ2n) is 11.4. The highest BCUT2D eigenvalue weighted by atomic mass is 19.4. The average Bonchev–Trinajstić information content (AvgIpc) is 2.99. The van der Waals surface area contributed by atoms with Crippen LogP contribution < -0.4 is 0 Å². The van der Waals surface area contributed by atoms with Crippen LogP contribution in [0, 0.1) is 5.92 Å². The molecule has 1 aromatic rings. The van der Waals surface area contributed by atoms with E-state index in [4.69, 9.17) is 0 Å². The normalized spacial score (nSPS) is 19.7. The fourth-order valence-electron chi connectivity index (χ4n) is 4.98. The SMILES string of the molecule is CCCC1CCC(c2ccc(C(=O)OCC(F)(F)C(F)(F)C(F)(F)C(F)(F)C(F)(F)C(F)(F)C(F)(F)C(F)(F)C(F)(F)C(F)F)cc2)CC1. The van der Waals surface area contributed by atoms with Gasteiger partial charge in [0.15, 0.2) is 6.61 Å². The van der Waals surface area contributed by atoms with Crippen molar-refractivity contribution in [1.29, 1.82) is 0 Å². The Hall–Kier alpha value is -2.71. The maximum atomic E-state index is 14.1. The van der Waals surface area contributed by atoms with Crippen LogP contribution in [0.4, 0.5) is 87.8 Å². The van der Waals surface area contributed by atoms with Gasteiger partial charge < -0.3 is 4.74 Å². The Bertz CT molecular complexity index is 1280. The second kappa shape index (κ2) is 13.4. The molecule has 0 spiro atoms. The van der Waals surface area contributed by atoms with Crippen LogP contribution >= 0.6 is 0 Å². The number of alkyl halides is 20.